The second-order valence-corrected chi connectivity index (χ2v) is 9.34. The van der Waals surface area contributed by atoms with Gasteiger partial charge in [-0.3, -0.25) is 14.2 Å². The van der Waals surface area contributed by atoms with E-state index in [4.69, 9.17) is 16.0 Å². The number of carbonyl (C=O) groups excluding carboxylic acids is 1. The number of aromatic nitrogens is 2. The third kappa shape index (κ3) is 4.74. The topological polar surface area (TPSA) is 77.1 Å². The molecular formula is C24H22ClN3O3S. The molecule has 0 aliphatic carbocycles. The fourth-order valence-corrected chi connectivity index (χ4v) is 4.35. The van der Waals surface area contributed by atoms with Crippen LogP contribution in [0.2, 0.25) is 5.02 Å². The first-order chi connectivity index (χ1) is 15.3. The summed E-state index contributed by atoms with van der Waals surface area (Å²) in [6, 6.07) is 14.5. The maximum Gasteiger partial charge on any atom is 0.262 e. The molecule has 1 N–H and O–H groups in total. The van der Waals surface area contributed by atoms with Crippen molar-refractivity contribution in [1.29, 1.82) is 0 Å². The summed E-state index contributed by atoms with van der Waals surface area (Å²) in [4.78, 5) is 30.8. The Bertz CT molecular complexity index is 1350. The lowest BCUT2D eigenvalue weighted by Gasteiger charge is -2.17. The zero-order valence-electron chi connectivity index (χ0n) is 17.9. The second kappa shape index (κ2) is 9.22. The van der Waals surface area contributed by atoms with Gasteiger partial charge in [-0.25, -0.2) is 4.98 Å². The van der Waals surface area contributed by atoms with Crippen molar-refractivity contribution < 1.29 is 9.21 Å². The van der Waals surface area contributed by atoms with E-state index < -0.39 is 5.25 Å². The SMILES string of the molecule is Cc1ccc(C)c(NC(=O)C(C)Sc2nc3cc(Cl)ccc3c(=O)n2Cc2ccco2)c1. The molecule has 2 aromatic heterocycles. The van der Waals surface area contributed by atoms with Gasteiger partial charge in [0.15, 0.2) is 5.16 Å². The van der Waals surface area contributed by atoms with Gasteiger partial charge in [0.1, 0.15) is 5.76 Å². The Morgan fingerprint density at radius 2 is 2.03 bits per heavy atom. The molecule has 0 saturated heterocycles. The maximum absolute atomic E-state index is 13.2. The van der Waals surface area contributed by atoms with E-state index in [0.29, 0.717) is 26.8 Å². The van der Waals surface area contributed by atoms with E-state index in [1.807, 2.05) is 32.0 Å². The third-order valence-corrected chi connectivity index (χ3v) is 6.40. The van der Waals surface area contributed by atoms with Gasteiger partial charge < -0.3 is 9.73 Å². The van der Waals surface area contributed by atoms with Crippen LogP contribution in [-0.2, 0) is 11.3 Å². The Morgan fingerprint density at radius 3 is 2.78 bits per heavy atom. The van der Waals surface area contributed by atoms with Crippen molar-refractivity contribution in [3.63, 3.8) is 0 Å². The molecular weight excluding hydrogens is 446 g/mol. The highest BCUT2D eigenvalue weighted by Gasteiger charge is 2.21. The quantitative estimate of drug-likeness (QED) is 0.302. The number of furan rings is 1. The van der Waals surface area contributed by atoms with Gasteiger partial charge in [0, 0.05) is 10.7 Å². The summed E-state index contributed by atoms with van der Waals surface area (Å²) < 4.78 is 6.97. The van der Waals surface area contributed by atoms with Gasteiger partial charge in [0.05, 0.1) is 29.0 Å². The Labute approximate surface area is 194 Å². The van der Waals surface area contributed by atoms with Crippen molar-refractivity contribution in [1.82, 2.24) is 9.55 Å². The first-order valence-electron chi connectivity index (χ1n) is 10.1. The van der Waals surface area contributed by atoms with Crippen molar-refractivity contribution in [2.75, 3.05) is 5.32 Å². The second-order valence-electron chi connectivity index (χ2n) is 7.59. The van der Waals surface area contributed by atoms with Crippen molar-refractivity contribution in [3.05, 3.63) is 87.1 Å². The molecule has 0 fully saturated rings. The van der Waals surface area contributed by atoms with Crippen molar-refractivity contribution >= 4 is 45.9 Å². The van der Waals surface area contributed by atoms with Crippen LogP contribution in [0.4, 0.5) is 5.69 Å². The number of hydrogen-bond acceptors (Lipinski definition) is 5. The number of rotatable bonds is 6. The maximum atomic E-state index is 13.2. The van der Waals surface area contributed by atoms with Crippen molar-refractivity contribution in [2.24, 2.45) is 0 Å². The number of thioether (sulfide) groups is 1. The summed E-state index contributed by atoms with van der Waals surface area (Å²) in [7, 11) is 0. The van der Waals surface area contributed by atoms with E-state index in [1.54, 1.807) is 43.5 Å². The number of anilines is 1. The molecule has 1 atom stereocenters. The molecule has 0 saturated carbocycles. The van der Waals surface area contributed by atoms with Crippen LogP contribution >= 0.6 is 23.4 Å². The molecule has 0 aliphatic heterocycles. The van der Waals surface area contributed by atoms with Crippen molar-refractivity contribution in [2.45, 2.75) is 37.7 Å². The number of carbonyl (C=O) groups is 1. The summed E-state index contributed by atoms with van der Waals surface area (Å²) in [6.07, 6.45) is 1.56. The Kier molecular flexibility index (Phi) is 6.39. The molecule has 2 heterocycles. The number of amides is 1. The molecule has 0 radical (unpaired) electrons. The number of benzene rings is 2. The van der Waals surface area contributed by atoms with E-state index >= 15 is 0 Å². The molecule has 1 unspecified atom stereocenters. The van der Waals surface area contributed by atoms with Gasteiger partial charge in [0.25, 0.3) is 5.56 Å². The standard InChI is InChI=1S/C24H22ClN3O3S/c1-14-6-7-15(2)20(11-14)26-22(29)16(3)32-24-27-21-12-17(25)8-9-19(21)23(30)28(24)13-18-5-4-10-31-18/h4-12,16H,13H2,1-3H3,(H,26,29). The minimum Gasteiger partial charge on any atom is -0.467 e. The summed E-state index contributed by atoms with van der Waals surface area (Å²) in [5.41, 5.74) is 3.09. The fraction of sp³-hybridized carbons (Fsp3) is 0.208. The van der Waals surface area contributed by atoms with Crippen LogP contribution in [0.25, 0.3) is 10.9 Å². The highest BCUT2D eigenvalue weighted by molar-refractivity contribution is 8.00. The highest BCUT2D eigenvalue weighted by Crippen LogP contribution is 2.26. The van der Waals surface area contributed by atoms with Crippen LogP contribution in [0.5, 0.6) is 0 Å². The van der Waals surface area contributed by atoms with E-state index in [9.17, 15) is 9.59 Å². The van der Waals surface area contributed by atoms with Crippen LogP contribution in [0.15, 0.2) is 69.2 Å². The molecule has 2 aromatic carbocycles. The first-order valence-corrected chi connectivity index (χ1v) is 11.3. The van der Waals surface area contributed by atoms with E-state index in [1.165, 1.54) is 16.3 Å². The summed E-state index contributed by atoms with van der Waals surface area (Å²) in [5.74, 6) is 0.449. The van der Waals surface area contributed by atoms with Gasteiger partial charge in [-0.15, -0.1) is 0 Å². The average Bonchev–Trinajstić information content (AvgIpc) is 3.26. The summed E-state index contributed by atoms with van der Waals surface area (Å²) >= 11 is 7.34. The predicted octanol–water partition coefficient (Wildman–Crippen LogP) is 5.43. The predicted molar refractivity (Wildman–Crippen MR) is 129 cm³/mol. The lowest BCUT2D eigenvalue weighted by molar-refractivity contribution is -0.115. The number of hydrogen-bond donors (Lipinski definition) is 1. The highest BCUT2D eigenvalue weighted by atomic mass is 35.5. The molecule has 0 bridgehead atoms. The largest absolute Gasteiger partial charge is 0.467 e. The van der Waals surface area contributed by atoms with E-state index in [0.717, 1.165) is 16.8 Å². The molecule has 32 heavy (non-hydrogen) atoms. The molecule has 1 amide bonds. The van der Waals surface area contributed by atoms with Crippen LogP contribution in [0.1, 0.15) is 23.8 Å². The van der Waals surface area contributed by atoms with Crippen LogP contribution in [0.3, 0.4) is 0 Å². The summed E-state index contributed by atoms with van der Waals surface area (Å²) in [6.45, 7) is 5.93. The lowest BCUT2D eigenvalue weighted by Crippen LogP contribution is -2.27. The van der Waals surface area contributed by atoms with Crippen molar-refractivity contribution in [3.8, 4) is 0 Å². The smallest absolute Gasteiger partial charge is 0.262 e. The van der Waals surface area contributed by atoms with Crippen LogP contribution < -0.4 is 10.9 Å². The minimum atomic E-state index is -0.499. The molecule has 164 valence electrons. The van der Waals surface area contributed by atoms with Gasteiger partial charge in [0.2, 0.25) is 5.91 Å². The van der Waals surface area contributed by atoms with Gasteiger partial charge >= 0.3 is 0 Å². The molecule has 0 spiro atoms. The fourth-order valence-electron chi connectivity index (χ4n) is 3.28. The van der Waals surface area contributed by atoms with Crippen LogP contribution in [0, 0.1) is 13.8 Å². The molecule has 0 aliphatic rings. The monoisotopic (exact) mass is 467 g/mol. The Hall–Kier alpha value is -3.03. The number of aryl methyl sites for hydroxylation is 2. The van der Waals surface area contributed by atoms with Gasteiger partial charge in [-0.1, -0.05) is 35.5 Å². The Morgan fingerprint density at radius 1 is 1.22 bits per heavy atom. The number of nitrogens with zero attached hydrogens (tertiary/aromatic N) is 2. The van der Waals surface area contributed by atoms with E-state index in [2.05, 4.69) is 10.3 Å². The zero-order chi connectivity index (χ0) is 22.8. The summed E-state index contributed by atoms with van der Waals surface area (Å²) in [5, 5.41) is 3.85. The third-order valence-electron chi connectivity index (χ3n) is 5.08. The van der Waals surface area contributed by atoms with Crippen LogP contribution in [-0.4, -0.2) is 20.7 Å². The molecule has 8 heteroatoms. The van der Waals surface area contributed by atoms with Gasteiger partial charge in [-0.05, 0) is 68.3 Å². The zero-order valence-corrected chi connectivity index (χ0v) is 19.5. The number of halogens is 1. The number of nitrogens with one attached hydrogen (secondary N) is 1. The Balaban J connectivity index is 1.68. The molecule has 6 nitrogen and oxygen atoms in total. The van der Waals surface area contributed by atoms with E-state index in [-0.39, 0.29) is 18.0 Å². The lowest BCUT2D eigenvalue weighted by atomic mass is 10.1. The molecule has 4 aromatic rings. The molecule has 4 rings (SSSR count). The minimum absolute atomic E-state index is 0.173. The number of fused-ring (bicyclic) bond motifs is 1. The average molecular weight is 468 g/mol. The van der Waals surface area contributed by atoms with Gasteiger partial charge in [-0.2, -0.15) is 0 Å². The first kappa shape index (κ1) is 22.2. The normalized spacial score (nSPS) is 12.1.